The largest absolute Gasteiger partial charge is 0.372 e. The van der Waals surface area contributed by atoms with E-state index in [1.54, 1.807) is 4.88 Å². The van der Waals surface area contributed by atoms with Gasteiger partial charge in [0.05, 0.1) is 19.3 Å². The highest BCUT2D eigenvalue weighted by Gasteiger charge is 2.20. The molecular formula is C16H17NOS2. The SMILES string of the molecule is NC(c1ccc2c(c1)COC2)c1cc2c(s1)CCSC2. The van der Waals surface area contributed by atoms with Crippen molar-refractivity contribution in [3.63, 3.8) is 0 Å². The number of thioether (sulfide) groups is 1. The first-order valence-electron chi connectivity index (χ1n) is 6.95. The van der Waals surface area contributed by atoms with E-state index in [1.165, 1.54) is 39.3 Å². The third-order valence-electron chi connectivity index (χ3n) is 4.06. The van der Waals surface area contributed by atoms with Crippen LogP contribution in [0.3, 0.4) is 0 Å². The van der Waals surface area contributed by atoms with Crippen molar-refractivity contribution in [1.82, 2.24) is 0 Å². The Bertz CT molecular complexity index is 626. The summed E-state index contributed by atoms with van der Waals surface area (Å²) in [5, 5.41) is 0. The van der Waals surface area contributed by atoms with Gasteiger partial charge in [-0.2, -0.15) is 11.8 Å². The fourth-order valence-electron chi connectivity index (χ4n) is 2.87. The van der Waals surface area contributed by atoms with E-state index in [-0.39, 0.29) is 6.04 Å². The number of aryl methyl sites for hydroxylation is 1. The van der Waals surface area contributed by atoms with Crippen LogP contribution in [0.4, 0.5) is 0 Å². The summed E-state index contributed by atoms with van der Waals surface area (Å²) >= 11 is 3.93. The summed E-state index contributed by atoms with van der Waals surface area (Å²) in [7, 11) is 0. The predicted octanol–water partition coefficient (Wildman–Crippen LogP) is 3.62. The van der Waals surface area contributed by atoms with Crippen LogP contribution < -0.4 is 5.73 Å². The molecule has 2 nitrogen and oxygen atoms in total. The fourth-order valence-corrected chi connectivity index (χ4v) is 5.28. The molecule has 0 amide bonds. The molecule has 0 aliphatic carbocycles. The molecule has 4 heteroatoms. The monoisotopic (exact) mass is 303 g/mol. The van der Waals surface area contributed by atoms with Gasteiger partial charge in [-0.3, -0.25) is 0 Å². The molecule has 20 heavy (non-hydrogen) atoms. The van der Waals surface area contributed by atoms with Gasteiger partial charge in [0.15, 0.2) is 0 Å². The Labute approximate surface area is 127 Å². The molecule has 1 atom stereocenters. The van der Waals surface area contributed by atoms with Gasteiger partial charge >= 0.3 is 0 Å². The van der Waals surface area contributed by atoms with Crippen molar-refractivity contribution >= 4 is 23.1 Å². The van der Waals surface area contributed by atoms with Gasteiger partial charge in [-0.05, 0) is 40.5 Å². The lowest BCUT2D eigenvalue weighted by atomic mass is 10.0. The highest BCUT2D eigenvalue weighted by Crippen LogP contribution is 2.36. The van der Waals surface area contributed by atoms with Crippen molar-refractivity contribution in [2.75, 3.05) is 5.75 Å². The molecule has 2 aliphatic rings. The molecule has 2 aromatic rings. The summed E-state index contributed by atoms with van der Waals surface area (Å²) in [5.41, 5.74) is 11.8. The minimum Gasteiger partial charge on any atom is -0.372 e. The molecule has 4 rings (SSSR count). The first-order chi connectivity index (χ1) is 9.81. The Morgan fingerprint density at radius 1 is 1.10 bits per heavy atom. The summed E-state index contributed by atoms with van der Waals surface area (Å²) in [5.74, 6) is 2.40. The molecule has 2 aliphatic heterocycles. The molecule has 104 valence electrons. The number of nitrogens with two attached hydrogens (primary N) is 1. The average molecular weight is 303 g/mol. The van der Waals surface area contributed by atoms with Gasteiger partial charge in [0.25, 0.3) is 0 Å². The Kier molecular flexibility index (Phi) is 3.34. The highest BCUT2D eigenvalue weighted by molar-refractivity contribution is 7.98. The zero-order chi connectivity index (χ0) is 13.5. The van der Waals surface area contributed by atoms with E-state index < -0.39 is 0 Å². The van der Waals surface area contributed by atoms with Crippen LogP contribution in [0, 0.1) is 0 Å². The van der Waals surface area contributed by atoms with Crippen LogP contribution in [0.25, 0.3) is 0 Å². The Morgan fingerprint density at radius 3 is 2.90 bits per heavy atom. The van der Waals surface area contributed by atoms with Crippen LogP contribution in [0.1, 0.15) is 38.0 Å². The lowest BCUT2D eigenvalue weighted by molar-refractivity contribution is 0.134. The molecule has 0 spiro atoms. The van der Waals surface area contributed by atoms with Gasteiger partial charge in [0, 0.05) is 15.5 Å². The van der Waals surface area contributed by atoms with Crippen LogP contribution in [0.5, 0.6) is 0 Å². The van der Waals surface area contributed by atoms with E-state index in [4.69, 9.17) is 10.5 Å². The number of hydrogen-bond acceptors (Lipinski definition) is 4. The quantitative estimate of drug-likeness (QED) is 0.920. The van der Waals surface area contributed by atoms with Crippen molar-refractivity contribution in [2.45, 2.75) is 31.4 Å². The van der Waals surface area contributed by atoms with E-state index in [2.05, 4.69) is 24.3 Å². The maximum atomic E-state index is 6.49. The minimum atomic E-state index is 0.00139. The van der Waals surface area contributed by atoms with E-state index in [0.717, 1.165) is 19.0 Å². The lowest BCUT2D eigenvalue weighted by Crippen LogP contribution is -2.10. The second kappa shape index (κ2) is 5.19. The second-order valence-corrected chi connectivity index (χ2v) is 7.67. The third-order valence-corrected chi connectivity index (χ3v) is 6.39. The van der Waals surface area contributed by atoms with Gasteiger partial charge in [-0.1, -0.05) is 18.2 Å². The first kappa shape index (κ1) is 12.9. The van der Waals surface area contributed by atoms with Gasteiger partial charge in [-0.15, -0.1) is 11.3 Å². The Balaban J connectivity index is 1.66. The molecule has 0 saturated heterocycles. The maximum Gasteiger partial charge on any atom is 0.0725 e. The molecule has 0 radical (unpaired) electrons. The number of rotatable bonds is 2. The van der Waals surface area contributed by atoms with Crippen LogP contribution in [0.2, 0.25) is 0 Å². The Hall–Kier alpha value is -0.810. The summed E-state index contributed by atoms with van der Waals surface area (Å²) in [6.45, 7) is 1.48. The summed E-state index contributed by atoms with van der Waals surface area (Å²) in [6.07, 6.45) is 1.20. The molecular weight excluding hydrogens is 286 g/mol. The van der Waals surface area contributed by atoms with Crippen molar-refractivity contribution in [1.29, 1.82) is 0 Å². The number of ether oxygens (including phenoxy) is 1. The average Bonchev–Trinajstić information content (AvgIpc) is 3.11. The van der Waals surface area contributed by atoms with Gasteiger partial charge in [0.1, 0.15) is 0 Å². The van der Waals surface area contributed by atoms with Gasteiger partial charge in [-0.25, -0.2) is 0 Å². The van der Waals surface area contributed by atoms with Crippen LogP contribution >= 0.6 is 23.1 Å². The van der Waals surface area contributed by atoms with Crippen LogP contribution in [-0.4, -0.2) is 5.75 Å². The normalized spacial score (nSPS) is 18.6. The summed E-state index contributed by atoms with van der Waals surface area (Å²) in [4.78, 5) is 2.84. The van der Waals surface area contributed by atoms with E-state index in [0.29, 0.717) is 0 Å². The molecule has 0 fully saturated rings. The molecule has 0 saturated carbocycles. The number of benzene rings is 1. The first-order valence-corrected chi connectivity index (χ1v) is 8.92. The minimum absolute atomic E-state index is 0.00139. The van der Waals surface area contributed by atoms with Gasteiger partial charge < -0.3 is 10.5 Å². The van der Waals surface area contributed by atoms with Crippen LogP contribution in [-0.2, 0) is 30.1 Å². The molecule has 1 aromatic heterocycles. The summed E-state index contributed by atoms with van der Waals surface area (Å²) < 4.78 is 5.48. The zero-order valence-electron chi connectivity index (χ0n) is 11.2. The zero-order valence-corrected chi connectivity index (χ0v) is 12.9. The standard InChI is InChI=1S/C16H17NOS2/c17-16(10-1-2-11-7-18-8-12(11)5-10)15-6-13-9-19-4-3-14(13)20-15/h1-2,5-6,16H,3-4,7-9,17H2. The number of hydrogen-bond donors (Lipinski definition) is 1. The lowest BCUT2D eigenvalue weighted by Gasteiger charge is -2.11. The van der Waals surface area contributed by atoms with E-state index in [9.17, 15) is 0 Å². The molecule has 2 N–H and O–H groups in total. The van der Waals surface area contributed by atoms with E-state index >= 15 is 0 Å². The van der Waals surface area contributed by atoms with Crippen LogP contribution in [0.15, 0.2) is 24.3 Å². The van der Waals surface area contributed by atoms with Crippen molar-refractivity contribution in [3.8, 4) is 0 Å². The van der Waals surface area contributed by atoms with Crippen molar-refractivity contribution in [2.24, 2.45) is 5.73 Å². The Morgan fingerprint density at radius 2 is 2.00 bits per heavy atom. The molecule has 3 heterocycles. The molecule has 0 bridgehead atoms. The van der Waals surface area contributed by atoms with E-state index in [1.807, 2.05) is 23.1 Å². The van der Waals surface area contributed by atoms with Crippen molar-refractivity contribution < 1.29 is 4.74 Å². The number of thiophene rings is 1. The molecule has 1 unspecified atom stereocenters. The summed E-state index contributed by atoms with van der Waals surface area (Å²) in [6, 6.07) is 8.87. The molecule has 1 aromatic carbocycles. The second-order valence-electron chi connectivity index (χ2n) is 5.40. The smallest absolute Gasteiger partial charge is 0.0725 e. The highest BCUT2D eigenvalue weighted by atomic mass is 32.2. The van der Waals surface area contributed by atoms with Gasteiger partial charge in [0.2, 0.25) is 0 Å². The maximum absolute atomic E-state index is 6.49. The topological polar surface area (TPSA) is 35.2 Å². The fraction of sp³-hybridized carbons (Fsp3) is 0.375. The third kappa shape index (κ3) is 2.21. The van der Waals surface area contributed by atoms with Crippen molar-refractivity contribution in [3.05, 3.63) is 56.3 Å². The predicted molar refractivity (Wildman–Crippen MR) is 85.2 cm³/mol. The number of fused-ring (bicyclic) bond motifs is 2.